The fourth-order valence-electron chi connectivity index (χ4n) is 2.56. The van der Waals surface area contributed by atoms with Gasteiger partial charge in [-0.15, -0.1) is 0 Å². The van der Waals surface area contributed by atoms with Gasteiger partial charge in [0.15, 0.2) is 0 Å². The molecule has 4 nitrogen and oxygen atoms in total. The van der Waals surface area contributed by atoms with Crippen LogP contribution in [0, 0.1) is 0 Å². The SMILES string of the molecule is O=C(O)C1(c2cccc3n[nH]c(Cl)c23)CCC1. The molecule has 1 aliphatic carbocycles. The molecule has 1 heterocycles. The molecular weight excluding hydrogens is 240 g/mol. The number of carboxylic acids is 1. The molecule has 2 aromatic rings. The molecule has 1 aromatic carbocycles. The molecule has 0 aliphatic heterocycles. The Kier molecular flexibility index (Phi) is 2.16. The number of rotatable bonds is 2. The minimum atomic E-state index is -0.771. The first-order valence-electron chi connectivity index (χ1n) is 5.52. The number of carboxylic acid groups (broad SMARTS) is 1. The van der Waals surface area contributed by atoms with E-state index in [-0.39, 0.29) is 0 Å². The summed E-state index contributed by atoms with van der Waals surface area (Å²) in [6.45, 7) is 0. The Morgan fingerprint density at radius 3 is 2.82 bits per heavy atom. The summed E-state index contributed by atoms with van der Waals surface area (Å²) in [5.41, 5.74) is 0.736. The van der Waals surface area contributed by atoms with Crippen LogP contribution in [0.4, 0.5) is 0 Å². The van der Waals surface area contributed by atoms with Crippen LogP contribution < -0.4 is 0 Å². The van der Waals surface area contributed by atoms with Gasteiger partial charge in [0.2, 0.25) is 0 Å². The third kappa shape index (κ3) is 1.30. The van der Waals surface area contributed by atoms with Crippen molar-refractivity contribution < 1.29 is 9.90 Å². The monoisotopic (exact) mass is 250 g/mol. The summed E-state index contributed by atoms with van der Waals surface area (Å²) in [5, 5.41) is 17.4. The van der Waals surface area contributed by atoms with Gasteiger partial charge in [-0.05, 0) is 24.5 Å². The second kappa shape index (κ2) is 3.47. The molecule has 1 aromatic heterocycles. The van der Waals surface area contributed by atoms with Crippen LogP contribution in [0.5, 0.6) is 0 Å². The number of carbonyl (C=O) groups is 1. The van der Waals surface area contributed by atoms with Crippen molar-refractivity contribution in [2.75, 3.05) is 0 Å². The van der Waals surface area contributed by atoms with E-state index in [1.807, 2.05) is 18.2 Å². The van der Waals surface area contributed by atoms with E-state index in [2.05, 4.69) is 10.2 Å². The highest BCUT2D eigenvalue weighted by atomic mass is 35.5. The molecule has 0 amide bonds. The molecule has 5 heteroatoms. The van der Waals surface area contributed by atoms with E-state index in [1.165, 1.54) is 0 Å². The van der Waals surface area contributed by atoms with Gasteiger partial charge < -0.3 is 5.11 Å². The summed E-state index contributed by atoms with van der Waals surface area (Å²) in [4.78, 5) is 11.5. The molecule has 0 spiro atoms. The number of hydrogen-bond donors (Lipinski definition) is 2. The molecule has 17 heavy (non-hydrogen) atoms. The molecule has 0 radical (unpaired) electrons. The molecule has 0 saturated heterocycles. The molecule has 0 bridgehead atoms. The normalized spacial score (nSPS) is 17.9. The van der Waals surface area contributed by atoms with Crippen LogP contribution in [0.15, 0.2) is 18.2 Å². The van der Waals surface area contributed by atoms with E-state index in [9.17, 15) is 9.90 Å². The fourth-order valence-corrected chi connectivity index (χ4v) is 2.80. The number of aromatic nitrogens is 2. The molecule has 0 atom stereocenters. The van der Waals surface area contributed by atoms with Gasteiger partial charge in [-0.3, -0.25) is 9.89 Å². The lowest BCUT2D eigenvalue weighted by atomic mass is 9.64. The Labute approximate surface area is 103 Å². The van der Waals surface area contributed by atoms with Crippen molar-refractivity contribution in [3.8, 4) is 0 Å². The first kappa shape index (κ1) is 10.6. The van der Waals surface area contributed by atoms with Gasteiger partial charge in [0, 0.05) is 5.39 Å². The van der Waals surface area contributed by atoms with E-state index in [0.29, 0.717) is 18.0 Å². The van der Waals surface area contributed by atoms with Gasteiger partial charge in [0.25, 0.3) is 0 Å². The topological polar surface area (TPSA) is 66.0 Å². The van der Waals surface area contributed by atoms with Crippen LogP contribution in [0.1, 0.15) is 24.8 Å². The quantitative estimate of drug-likeness (QED) is 0.861. The number of fused-ring (bicyclic) bond motifs is 1. The maximum absolute atomic E-state index is 11.5. The second-order valence-electron chi connectivity index (χ2n) is 4.48. The molecule has 3 rings (SSSR count). The van der Waals surface area contributed by atoms with E-state index < -0.39 is 11.4 Å². The van der Waals surface area contributed by atoms with Gasteiger partial charge in [-0.25, -0.2) is 0 Å². The van der Waals surface area contributed by atoms with Crippen molar-refractivity contribution in [2.24, 2.45) is 0 Å². The van der Waals surface area contributed by atoms with Crippen molar-refractivity contribution in [1.82, 2.24) is 10.2 Å². The predicted molar refractivity (Wildman–Crippen MR) is 64.3 cm³/mol. The summed E-state index contributed by atoms with van der Waals surface area (Å²) in [5.74, 6) is -0.770. The summed E-state index contributed by atoms with van der Waals surface area (Å²) in [6, 6.07) is 5.50. The van der Waals surface area contributed by atoms with Crippen LogP contribution in [-0.2, 0) is 10.2 Å². The fraction of sp³-hybridized carbons (Fsp3) is 0.333. The lowest BCUT2D eigenvalue weighted by Crippen LogP contribution is -2.42. The van der Waals surface area contributed by atoms with Crippen molar-refractivity contribution in [1.29, 1.82) is 0 Å². The summed E-state index contributed by atoms with van der Waals surface area (Å²) >= 11 is 6.06. The average Bonchev–Trinajstić information content (AvgIpc) is 2.59. The second-order valence-corrected chi connectivity index (χ2v) is 4.86. The molecule has 1 aliphatic rings. The maximum Gasteiger partial charge on any atom is 0.314 e. The zero-order chi connectivity index (χ0) is 12.0. The summed E-state index contributed by atoms with van der Waals surface area (Å²) < 4.78 is 0. The van der Waals surface area contributed by atoms with E-state index in [0.717, 1.165) is 22.9 Å². The largest absolute Gasteiger partial charge is 0.481 e. The molecule has 1 saturated carbocycles. The minimum Gasteiger partial charge on any atom is -0.481 e. The van der Waals surface area contributed by atoms with E-state index in [4.69, 9.17) is 11.6 Å². The Morgan fingerprint density at radius 2 is 2.24 bits per heavy atom. The lowest BCUT2D eigenvalue weighted by molar-refractivity contribution is -0.147. The number of benzene rings is 1. The van der Waals surface area contributed by atoms with Gasteiger partial charge in [0.05, 0.1) is 10.9 Å². The van der Waals surface area contributed by atoms with Gasteiger partial charge in [0.1, 0.15) is 5.15 Å². The number of aliphatic carboxylic acids is 1. The first-order valence-corrected chi connectivity index (χ1v) is 5.89. The zero-order valence-corrected chi connectivity index (χ0v) is 9.79. The van der Waals surface area contributed by atoms with Gasteiger partial charge in [-0.2, -0.15) is 5.10 Å². The average molecular weight is 251 g/mol. The van der Waals surface area contributed by atoms with Crippen molar-refractivity contribution in [3.63, 3.8) is 0 Å². The molecule has 2 N–H and O–H groups in total. The van der Waals surface area contributed by atoms with Crippen LogP contribution in [0.3, 0.4) is 0 Å². The number of hydrogen-bond acceptors (Lipinski definition) is 2. The number of halogens is 1. The van der Waals surface area contributed by atoms with Gasteiger partial charge >= 0.3 is 5.97 Å². The molecule has 0 unspecified atom stereocenters. The standard InChI is InChI=1S/C12H11ClN2O2/c13-10-9-7(3-1-4-8(9)14-15-10)12(11(16)17)5-2-6-12/h1,3-4H,2,5-6H2,(H,14,15)(H,16,17). The van der Waals surface area contributed by atoms with Crippen molar-refractivity contribution >= 4 is 28.5 Å². The third-order valence-corrected chi connectivity index (χ3v) is 3.94. The number of nitrogens with zero attached hydrogens (tertiary/aromatic N) is 1. The zero-order valence-electron chi connectivity index (χ0n) is 9.03. The number of H-pyrrole nitrogens is 1. The Balaban J connectivity index is 2.30. The summed E-state index contributed by atoms with van der Waals surface area (Å²) in [6.07, 6.45) is 2.28. The maximum atomic E-state index is 11.5. The minimum absolute atomic E-state index is 0.420. The van der Waals surface area contributed by atoms with Crippen molar-refractivity contribution in [2.45, 2.75) is 24.7 Å². The smallest absolute Gasteiger partial charge is 0.314 e. The highest BCUT2D eigenvalue weighted by Crippen LogP contribution is 2.47. The van der Waals surface area contributed by atoms with Crippen molar-refractivity contribution in [3.05, 3.63) is 28.9 Å². The van der Waals surface area contributed by atoms with E-state index >= 15 is 0 Å². The number of aromatic amines is 1. The third-order valence-electron chi connectivity index (χ3n) is 3.67. The van der Waals surface area contributed by atoms with Crippen LogP contribution in [0.2, 0.25) is 5.15 Å². The molecule has 88 valence electrons. The molecule has 1 fully saturated rings. The van der Waals surface area contributed by atoms with Crippen LogP contribution in [-0.4, -0.2) is 21.3 Å². The predicted octanol–water partition coefficient (Wildman–Crippen LogP) is 2.72. The lowest BCUT2D eigenvalue weighted by Gasteiger charge is -2.38. The van der Waals surface area contributed by atoms with Gasteiger partial charge in [-0.1, -0.05) is 30.2 Å². The van der Waals surface area contributed by atoms with Crippen LogP contribution in [0.25, 0.3) is 10.9 Å². The summed E-state index contributed by atoms with van der Waals surface area (Å²) in [7, 11) is 0. The highest BCUT2D eigenvalue weighted by Gasteiger charge is 2.47. The van der Waals surface area contributed by atoms with Crippen LogP contribution >= 0.6 is 11.6 Å². The Hall–Kier alpha value is -1.55. The number of nitrogens with one attached hydrogen (secondary N) is 1. The Morgan fingerprint density at radius 1 is 1.47 bits per heavy atom. The Bertz CT molecular complexity index is 602. The highest BCUT2D eigenvalue weighted by molar-refractivity contribution is 6.34. The van der Waals surface area contributed by atoms with E-state index in [1.54, 1.807) is 0 Å². The molecular formula is C12H11ClN2O2. The first-order chi connectivity index (χ1) is 8.15.